The first-order valence-corrected chi connectivity index (χ1v) is 9.78. The Morgan fingerprint density at radius 2 is 1.96 bits per heavy atom. The van der Waals surface area contributed by atoms with Gasteiger partial charge in [-0.05, 0) is 74.5 Å². The standard InChI is InChI=1S/C20H29ClO2/c1-19-8-7-17-15(16(19)4-5-18(19)23)3-2-13-12-14(22)6-9-20(13,17)10-11-21/h2,10-11,14-18,22-23H,3-9,12H2,1H3/b11-10+/t14-,15?,16?,17?,18-,19-,20+/m0/s1. The Kier molecular flexibility index (Phi) is 3.94. The fourth-order valence-corrected chi connectivity index (χ4v) is 6.97. The Morgan fingerprint density at radius 1 is 1.13 bits per heavy atom. The van der Waals surface area contributed by atoms with E-state index in [1.54, 1.807) is 5.54 Å². The van der Waals surface area contributed by atoms with E-state index in [0.717, 1.165) is 38.5 Å². The van der Waals surface area contributed by atoms with E-state index < -0.39 is 0 Å². The molecule has 3 heteroatoms. The molecule has 0 aromatic carbocycles. The van der Waals surface area contributed by atoms with Gasteiger partial charge >= 0.3 is 0 Å². The predicted octanol–water partition coefficient (Wildman–Crippen LogP) is 4.40. The fraction of sp³-hybridized carbons (Fsp3) is 0.800. The van der Waals surface area contributed by atoms with Gasteiger partial charge in [0.05, 0.1) is 12.2 Å². The van der Waals surface area contributed by atoms with Crippen LogP contribution in [0.25, 0.3) is 0 Å². The van der Waals surface area contributed by atoms with E-state index in [9.17, 15) is 10.2 Å². The lowest BCUT2D eigenvalue weighted by atomic mass is 9.47. The number of fused-ring (bicyclic) bond motifs is 5. The van der Waals surface area contributed by atoms with Crippen LogP contribution in [0.1, 0.15) is 58.3 Å². The van der Waals surface area contributed by atoms with Crippen LogP contribution in [0.15, 0.2) is 23.3 Å². The first-order valence-electron chi connectivity index (χ1n) is 9.35. The van der Waals surface area contributed by atoms with Crippen LogP contribution in [-0.2, 0) is 0 Å². The van der Waals surface area contributed by atoms with Gasteiger partial charge in [-0.3, -0.25) is 0 Å². The third kappa shape index (κ3) is 2.21. The third-order valence-electron chi connectivity index (χ3n) is 7.99. The molecule has 0 aromatic rings. The quantitative estimate of drug-likeness (QED) is 0.696. The molecule has 2 nitrogen and oxygen atoms in total. The highest BCUT2D eigenvalue weighted by Crippen LogP contribution is 2.65. The molecule has 7 atom stereocenters. The molecule has 3 unspecified atom stereocenters. The second kappa shape index (κ2) is 5.61. The van der Waals surface area contributed by atoms with Crippen LogP contribution in [0, 0.1) is 28.6 Å². The molecule has 23 heavy (non-hydrogen) atoms. The van der Waals surface area contributed by atoms with E-state index >= 15 is 0 Å². The van der Waals surface area contributed by atoms with E-state index in [0.29, 0.717) is 17.8 Å². The molecule has 3 saturated carbocycles. The molecule has 0 spiro atoms. The summed E-state index contributed by atoms with van der Waals surface area (Å²) in [5, 5.41) is 20.6. The van der Waals surface area contributed by atoms with E-state index in [1.807, 2.05) is 0 Å². The van der Waals surface area contributed by atoms with E-state index in [2.05, 4.69) is 19.1 Å². The average molecular weight is 337 g/mol. The van der Waals surface area contributed by atoms with Gasteiger partial charge in [0.15, 0.2) is 0 Å². The maximum atomic E-state index is 10.5. The average Bonchev–Trinajstić information content (AvgIpc) is 2.84. The maximum absolute atomic E-state index is 10.5. The summed E-state index contributed by atoms with van der Waals surface area (Å²) in [6.07, 6.45) is 12.6. The molecule has 2 N–H and O–H groups in total. The minimum absolute atomic E-state index is 0.0682. The number of rotatable bonds is 1. The molecule has 4 aliphatic carbocycles. The molecule has 0 radical (unpaired) electrons. The van der Waals surface area contributed by atoms with Crippen LogP contribution in [0.2, 0.25) is 0 Å². The summed E-state index contributed by atoms with van der Waals surface area (Å²) in [6.45, 7) is 2.32. The van der Waals surface area contributed by atoms with Gasteiger partial charge in [-0.25, -0.2) is 0 Å². The number of aliphatic hydroxyl groups excluding tert-OH is 2. The first-order chi connectivity index (χ1) is 11.0. The molecule has 0 heterocycles. The van der Waals surface area contributed by atoms with E-state index in [1.165, 1.54) is 18.4 Å². The Labute approximate surface area is 144 Å². The molecular weight excluding hydrogens is 308 g/mol. The lowest BCUT2D eigenvalue weighted by molar-refractivity contribution is -0.0642. The lowest BCUT2D eigenvalue weighted by Gasteiger charge is -2.57. The predicted molar refractivity (Wildman–Crippen MR) is 93.0 cm³/mol. The summed E-state index contributed by atoms with van der Waals surface area (Å²) in [5.41, 5.74) is 3.33. The van der Waals surface area contributed by atoms with Crippen molar-refractivity contribution in [2.45, 2.75) is 70.5 Å². The second-order valence-corrected chi connectivity index (χ2v) is 8.96. The van der Waals surface area contributed by atoms with Crippen LogP contribution in [0.4, 0.5) is 0 Å². The highest BCUT2D eigenvalue weighted by Gasteiger charge is 2.58. The van der Waals surface area contributed by atoms with Crippen molar-refractivity contribution in [2.24, 2.45) is 28.6 Å². The van der Waals surface area contributed by atoms with Gasteiger partial charge in [0, 0.05) is 11.0 Å². The van der Waals surface area contributed by atoms with Crippen molar-refractivity contribution in [3.8, 4) is 0 Å². The minimum Gasteiger partial charge on any atom is -0.393 e. The summed E-state index contributed by atoms with van der Waals surface area (Å²) < 4.78 is 0. The van der Waals surface area contributed by atoms with Gasteiger partial charge in [0.2, 0.25) is 0 Å². The molecule has 0 amide bonds. The number of hydrogen-bond acceptors (Lipinski definition) is 2. The smallest absolute Gasteiger partial charge is 0.0596 e. The zero-order valence-corrected chi connectivity index (χ0v) is 14.8. The summed E-state index contributed by atoms with van der Waals surface area (Å²) in [4.78, 5) is 0. The Balaban J connectivity index is 1.73. The Morgan fingerprint density at radius 3 is 2.74 bits per heavy atom. The zero-order chi connectivity index (χ0) is 16.2. The SMILES string of the molecule is C[C@]12CCC3C(CC=C4C[C@@H](O)CC[C@@]43/C=C/Cl)C1CC[C@@H]2O. The topological polar surface area (TPSA) is 40.5 Å². The Hall–Kier alpha value is -0.310. The van der Waals surface area contributed by atoms with Gasteiger partial charge in [-0.2, -0.15) is 0 Å². The maximum Gasteiger partial charge on any atom is 0.0596 e. The summed E-state index contributed by atoms with van der Waals surface area (Å²) in [5.74, 6) is 1.94. The van der Waals surface area contributed by atoms with Crippen LogP contribution < -0.4 is 0 Å². The third-order valence-corrected chi connectivity index (χ3v) is 8.12. The second-order valence-electron chi connectivity index (χ2n) is 8.71. The lowest BCUT2D eigenvalue weighted by Crippen LogP contribution is -2.51. The van der Waals surface area contributed by atoms with Gasteiger partial charge in [0.25, 0.3) is 0 Å². The van der Waals surface area contributed by atoms with Crippen LogP contribution in [0.3, 0.4) is 0 Å². The fourth-order valence-electron chi connectivity index (χ4n) is 6.74. The van der Waals surface area contributed by atoms with E-state index in [-0.39, 0.29) is 23.0 Å². The normalized spacial score (nSPS) is 52.7. The van der Waals surface area contributed by atoms with Gasteiger partial charge < -0.3 is 10.2 Å². The zero-order valence-electron chi connectivity index (χ0n) is 14.0. The number of allylic oxidation sites excluding steroid dienone is 2. The molecule has 0 aromatic heterocycles. The van der Waals surface area contributed by atoms with E-state index in [4.69, 9.17) is 11.6 Å². The van der Waals surface area contributed by atoms with Crippen molar-refractivity contribution in [1.29, 1.82) is 0 Å². The van der Waals surface area contributed by atoms with Crippen molar-refractivity contribution in [3.63, 3.8) is 0 Å². The number of halogens is 1. The van der Waals surface area contributed by atoms with Crippen molar-refractivity contribution in [1.82, 2.24) is 0 Å². The minimum atomic E-state index is -0.184. The number of aliphatic hydroxyl groups is 2. The van der Waals surface area contributed by atoms with Crippen molar-refractivity contribution in [3.05, 3.63) is 23.3 Å². The molecule has 0 bridgehead atoms. The largest absolute Gasteiger partial charge is 0.393 e. The number of hydrogen-bond donors (Lipinski definition) is 2. The molecule has 0 saturated heterocycles. The van der Waals surface area contributed by atoms with Crippen LogP contribution in [0.5, 0.6) is 0 Å². The van der Waals surface area contributed by atoms with Crippen molar-refractivity contribution < 1.29 is 10.2 Å². The first kappa shape index (κ1) is 16.2. The summed E-state index contributed by atoms with van der Waals surface area (Å²) >= 11 is 6.07. The summed E-state index contributed by atoms with van der Waals surface area (Å²) in [6, 6.07) is 0. The monoisotopic (exact) mass is 336 g/mol. The van der Waals surface area contributed by atoms with Gasteiger partial charge in [0.1, 0.15) is 0 Å². The molecule has 4 aliphatic rings. The highest BCUT2D eigenvalue weighted by molar-refractivity contribution is 6.25. The van der Waals surface area contributed by atoms with Crippen LogP contribution >= 0.6 is 11.6 Å². The molecule has 128 valence electrons. The summed E-state index contributed by atoms with van der Waals surface area (Å²) in [7, 11) is 0. The highest BCUT2D eigenvalue weighted by atomic mass is 35.5. The molecule has 0 aliphatic heterocycles. The Bertz CT molecular complexity index is 542. The van der Waals surface area contributed by atoms with Crippen LogP contribution in [-0.4, -0.2) is 22.4 Å². The molecule has 4 rings (SSSR count). The van der Waals surface area contributed by atoms with Crippen molar-refractivity contribution >= 4 is 11.6 Å². The van der Waals surface area contributed by atoms with Gasteiger partial charge in [-0.1, -0.05) is 36.2 Å². The van der Waals surface area contributed by atoms with Gasteiger partial charge in [-0.15, -0.1) is 0 Å². The molecule has 3 fully saturated rings. The molecular formula is C20H29ClO2. The van der Waals surface area contributed by atoms with Crippen molar-refractivity contribution in [2.75, 3.05) is 0 Å².